The van der Waals surface area contributed by atoms with Gasteiger partial charge in [-0.1, -0.05) is 35.9 Å². The number of ether oxygens (including phenoxy) is 1. The van der Waals surface area contributed by atoms with Crippen LogP contribution in [-0.2, 0) is 16.8 Å². The molecule has 4 heteroatoms. The van der Waals surface area contributed by atoms with Crippen LogP contribution in [0.3, 0.4) is 0 Å². The van der Waals surface area contributed by atoms with E-state index in [9.17, 15) is 9.90 Å². The molecule has 1 atom stereocenters. The summed E-state index contributed by atoms with van der Waals surface area (Å²) in [5, 5.41) is 13.6. The summed E-state index contributed by atoms with van der Waals surface area (Å²) in [4.78, 5) is 12.2. The monoisotopic (exact) mass is 283 g/mol. The van der Waals surface area contributed by atoms with Gasteiger partial charge in [-0.3, -0.25) is 4.79 Å². The topological polar surface area (TPSA) is 58.6 Å². The van der Waals surface area contributed by atoms with Gasteiger partial charge in [-0.05, 0) is 24.6 Å². The number of carbonyl (C=O) groups is 1. The van der Waals surface area contributed by atoms with Crippen molar-refractivity contribution in [1.82, 2.24) is 0 Å². The molecule has 0 spiro atoms. The first-order valence-corrected chi connectivity index (χ1v) is 6.81. The van der Waals surface area contributed by atoms with Gasteiger partial charge in [0.05, 0.1) is 7.11 Å². The van der Waals surface area contributed by atoms with Gasteiger partial charge in [-0.25, -0.2) is 0 Å². The Balaban J connectivity index is 2.05. The normalized spacial score (nSPS) is 20.0. The van der Waals surface area contributed by atoms with Crippen LogP contribution in [0, 0.1) is 6.92 Å². The number of amides is 1. The van der Waals surface area contributed by atoms with Gasteiger partial charge < -0.3 is 15.2 Å². The van der Waals surface area contributed by atoms with Crippen LogP contribution in [-0.4, -0.2) is 18.1 Å². The molecule has 1 amide bonds. The number of nitrogens with one attached hydrogen (secondary N) is 1. The number of carbonyl (C=O) groups excluding carboxylic acids is 1. The first kappa shape index (κ1) is 13.6. The maximum absolute atomic E-state index is 12.2. The molecule has 3 rings (SSSR count). The van der Waals surface area contributed by atoms with Crippen LogP contribution in [0.25, 0.3) is 0 Å². The minimum Gasteiger partial charge on any atom is -0.496 e. The van der Waals surface area contributed by atoms with E-state index in [1.54, 1.807) is 19.2 Å². The molecule has 0 saturated carbocycles. The average Bonchev–Trinajstić information content (AvgIpc) is 2.71. The number of hydrogen-bond donors (Lipinski definition) is 2. The summed E-state index contributed by atoms with van der Waals surface area (Å²) < 4.78 is 5.34. The van der Waals surface area contributed by atoms with Gasteiger partial charge in [0.25, 0.3) is 5.91 Å². The summed E-state index contributed by atoms with van der Waals surface area (Å²) in [6.07, 6.45) is 0.181. The van der Waals surface area contributed by atoms with Crippen molar-refractivity contribution in [2.45, 2.75) is 18.9 Å². The minimum atomic E-state index is -1.56. The highest BCUT2D eigenvalue weighted by Gasteiger charge is 2.45. The quantitative estimate of drug-likeness (QED) is 0.909. The van der Waals surface area contributed by atoms with E-state index in [2.05, 4.69) is 5.32 Å². The summed E-state index contributed by atoms with van der Waals surface area (Å²) in [5.41, 5.74) is 1.58. The van der Waals surface area contributed by atoms with Crippen molar-refractivity contribution in [3.63, 3.8) is 0 Å². The third kappa shape index (κ3) is 2.17. The molecule has 0 aliphatic carbocycles. The molecule has 0 aromatic heterocycles. The second-order valence-corrected chi connectivity index (χ2v) is 5.35. The predicted octanol–water partition coefficient (Wildman–Crippen LogP) is 2.39. The molecular formula is C17H17NO3. The lowest BCUT2D eigenvalue weighted by atomic mass is 9.87. The predicted molar refractivity (Wildman–Crippen MR) is 80.4 cm³/mol. The molecule has 2 aromatic rings. The van der Waals surface area contributed by atoms with Crippen LogP contribution >= 0.6 is 0 Å². The lowest BCUT2D eigenvalue weighted by Crippen LogP contribution is -2.36. The fourth-order valence-electron chi connectivity index (χ4n) is 2.80. The van der Waals surface area contributed by atoms with Crippen LogP contribution in [0.1, 0.15) is 16.7 Å². The summed E-state index contributed by atoms with van der Waals surface area (Å²) >= 11 is 0. The molecule has 21 heavy (non-hydrogen) atoms. The van der Waals surface area contributed by atoms with Crippen molar-refractivity contribution in [3.8, 4) is 5.75 Å². The second kappa shape index (κ2) is 4.90. The average molecular weight is 283 g/mol. The highest BCUT2D eigenvalue weighted by Crippen LogP contribution is 2.39. The number of rotatable bonds is 3. The highest BCUT2D eigenvalue weighted by molar-refractivity contribution is 6.05. The summed E-state index contributed by atoms with van der Waals surface area (Å²) in [6.45, 7) is 1.97. The molecule has 4 nitrogen and oxygen atoms in total. The Hall–Kier alpha value is -2.33. The number of fused-ring (bicyclic) bond motifs is 1. The largest absolute Gasteiger partial charge is 0.496 e. The van der Waals surface area contributed by atoms with E-state index in [4.69, 9.17) is 4.74 Å². The summed E-state index contributed by atoms with van der Waals surface area (Å²) in [5.74, 6) is 0.276. The smallest absolute Gasteiger partial charge is 0.261 e. The third-order valence-electron chi connectivity index (χ3n) is 3.88. The van der Waals surface area contributed by atoms with E-state index in [1.807, 2.05) is 37.3 Å². The Morgan fingerprint density at radius 2 is 2.00 bits per heavy atom. The maximum Gasteiger partial charge on any atom is 0.261 e. The number of para-hydroxylation sites is 1. The molecule has 1 unspecified atom stereocenters. The lowest BCUT2D eigenvalue weighted by Gasteiger charge is -2.22. The van der Waals surface area contributed by atoms with Gasteiger partial charge in [-0.15, -0.1) is 0 Å². The van der Waals surface area contributed by atoms with Gasteiger partial charge in [0.1, 0.15) is 5.75 Å². The SMILES string of the molecule is COc1ccc(C)cc1CC1(O)C(=O)Nc2ccccc21. The Morgan fingerprint density at radius 3 is 2.76 bits per heavy atom. The van der Waals surface area contributed by atoms with Crippen molar-refractivity contribution in [1.29, 1.82) is 0 Å². The lowest BCUT2D eigenvalue weighted by molar-refractivity contribution is -0.133. The van der Waals surface area contributed by atoms with E-state index in [-0.39, 0.29) is 6.42 Å². The maximum atomic E-state index is 12.2. The number of aryl methyl sites for hydroxylation is 1. The molecule has 1 aliphatic heterocycles. The highest BCUT2D eigenvalue weighted by atomic mass is 16.5. The van der Waals surface area contributed by atoms with Crippen molar-refractivity contribution in [3.05, 3.63) is 59.2 Å². The molecule has 108 valence electrons. The van der Waals surface area contributed by atoms with E-state index < -0.39 is 11.5 Å². The van der Waals surface area contributed by atoms with Crippen molar-refractivity contribution < 1.29 is 14.6 Å². The van der Waals surface area contributed by atoms with Gasteiger partial charge in [-0.2, -0.15) is 0 Å². The fraction of sp³-hybridized carbons (Fsp3) is 0.235. The van der Waals surface area contributed by atoms with E-state index in [0.29, 0.717) is 17.0 Å². The molecule has 1 heterocycles. The molecule has 0 fully saturated rings. The van der Waals surface area contributed by atoms with Crippen LogP contribution in [0.4, 0.5) is 5.69 Å². The Labute approximate surface area is 123 Å². The van der Waals surface area contributed by atoms with Crippen LogP contribution in [0.5, 0.6) is 5.75 Å². The van der Waals surface area contributed by atoms with Gasteiger partial charge >= 0.3 is 0 Å². The number of benzene rings is 2. The zero-order valence-electron chi connectivity index (χ0n) is 12.0. The first-order chi connectivity index (χ1) is 10.0. The van der Waals surface area contributed by atoms with Crippen LogP contribution in [0.2, 0.25) is 0 Å². The summed E-state index contributed by atoms with van der Waals surface area (Å²) in [7, 11) is 1.58. The van der Waals surface area contributed by atoms with Gasteiger partial charge in [0, 0.05) is 17.7 Å². The summed E-state index contributed by atoms with van der Waals surface area (Å²) in [6, 6.07) is 12.9. The molecule has 1 aliphatic rings. The zero-order valence-corrected chi connectivity index (χ0v) is 12.0. The Kier molecular flexibility index (Phi) is 3.18. The molecule has 2 aromatic carbocycles. The number of anilines is 1. The Bertz CT molecular complexity index is 711. The minimum absolute atomic E-state index is 0.181. The van der Waals surface area contributed by atoms with E-state index in [1.165, 1.54) is 0 Å². The molecular weight excluding hydrogens is 266 g/mol. The molecule has 0 saturated heterocycles. The third-order valence-corrected chi connectivity index (χ3v) is 3.88. The molecule has 0 radical (unpaired) electrons. The number of aliphatic hydroxyl groups is 1. The standard InChI is InChI=1S/C17H17NO3/c1-11-7-8-15(21-2)12(9-11)10-17(20)13-5-3-4-6-14(13)18-16(17)19/h3-9,20H,10H2,1-2H3,(H,18,19). The second-order valence-electron chi connectivity index (χ2n) is 5.35. The van der Waals surface area contributed by atoms with Crippen molar-refractivity contribution >= 4 is 11.6 Å². The van der Waals surface area contributed by atoms with Crippen LogP contribution < -0.4 is 10.1 Å². The van der Waals surface area contributed by atoms with Crippen LogP contribution in [0.15, 0.2) is 42.5 Å². The first-order valence-electron chi connectivity index (χ1n) is 6.81. The van der Waals surface area contributed by atoms with E-state index in [0.717, 1.165) is 11.1 Å². The number of hydrogen-bond acceptors (Lipinski definition) is 3. The van der Waals surface area contributed by atoms with Crippen molar-refractivity contribution in [2.75, 3.05) is 12.4 Å². The van der Waals surface area contributed by atoms with Crippen molar-refractivity contribution in [2.24, 2.45) is 0 Å². The number of methoxy groups -OCH3 is 1. The molecule has 2 N–H and O–H groups in total. The molecule has 0 bridgehead atoms. The fourth-order valence-corrected chi connectivity index (χ4v) is 2.80. The Morgan fingerprint density at radius 1 is 1.24 bits per heavy atom. The van der Waals surface area contributed by atoms with Gasteiger partial charge in [0.2, 0.25) is 0 Å². The van der Waals surface area contributed by atoms with Gasteiger partial charge in [0.15, 0.2) is 5.60 Å². The zero-order chi connectivity index (χ0) is 15.0. The van der Waals surface area contributed by atoms with E-state index >= 15 is 0 Å².